The molecule has 15 heavy (non-hydrogen) atoms. The van der Waals surface area contributed by atoms with Gasteiger partial charge in [-0.15, -0.1) is 11.3 Å². The van der Waals surface area contributed by atoms with Crippen LogP contribution < -0.4 is 0 Å². The van der Waals surface area contributed by atoms with Gasteiger partial charge in [-0.3, -0.25) is 4.79 Å². The smallest absolute Gasteiger partial charge is 0.251 e. The Kier molecular flexibility index (Phi) is 3.38. The molecule has 1 saturated heterocycles. The van der Waals surface area contributed by atoms with Crippen LogP contribution in [0, 0.1) is 0 Å². The summed E-state index contributed by atoms with van der Waals surface area (Å²) in [5.74, 6) is 0.112. The number of amides is 1. The van der Waals surface area contributed by atoms with Crippen molar-refractivity contribution in [3.8, 4) is 0 Å². The molecule has 2 rings (SSSR count). The molecule has 1 amide bonds. The molecule has 4 heteroatoms. The highest BCUT2D eigenvalue weighted by Gasteiger charge is 2.26. The zero-order valence-corrected chi connectivity index (χ0v) is 9.63. The second-order valence-corrected chi connectivity index (χ2v) is 4.81. The molecule has 2 heterocycles. The number of carbonyl (C=O) groups excluding carboxylic acids is 1. The summed E-state index contributed by atoms with van der Waals surface area (Å²) in [6.45, 7) is 1.42. The van der Waals surface area contributed by atoms with Gasteiger partial charge in [0, 0.05) is 18.5 Å². The number of ether oxygens (including phenoxy) is 1. The highest BCUT2D eigenvalue weighted by molar-refractivity contribution is 7.09. The summed E-state index contributed by atoms with van der Waals surface area (Å²) in [4.78, 5) is 14.8. The van der Waals surface area contributed by atoms with Gasteiger partial charge in [0.1, 0.15) is 6.10 Å². The quantitative estimate of drug-likeness (QED) is 0.786. The van der Waals surface area contributed by atoms with E-state index in [4.69, 9.17) is 4.74 Å². The summed E-state index contributed by atoms with van der Waals surface area (Å²) in [5.41, 5.74) is 0. The molecule has 1 aliphatic rings. The van der Waals surface area contributed by atoms with E-state index in [0.717, 1.165) is 19.4 Å². The Labute approximate surface area is 93.7 Å². The highest BCUT2D eigenvalue weighted by atomic mass is 32.1. The first-order chi connectivity index (χ1) is 7.27. The predicted octanol–water partition coefficient (Wildman–Crippen LogP) is 1.89. The van der Waals surface area contributed by atoms with Crippen molar-refractivity contribution in [1.29, 1.82) is 0 Å². The molecule has 0 spiro atoms. The fraction of sp³-hybridized carbons (Fsp3) is 0.545. The molecule has 1 atom stereocenters. The standard InChI is InChI=1S/C11H15NO2S/c1-12(8-9-4-3-7-15-9)11(13)10-5-2-6-14-10/h3-4,7,10H,2,5-6,8H2,1H3. The Morgan fingerprint density at radius 2 is 2.60 bits per heavy atom. The summed E-state index contributed by atoms with van der Waals surface area (Å²) in [7, 11) is 1.84. The molecule has 0 bridgehead atoms. The zero-order valence-electron chi connectivity index (χ0n) is 8.81. The molecule has 0 N–H and O–H groups in total. The average Bonchev–Trinajstić information content (AvgIpc) is 2.88. The van der Waals surface area contributed by atoms with E-state index in [1.54, 1.807) is 16.2 Å². The maximum atomic E-state index is 11.9. The third-order valence-corrected chi connectivity index (χ3v) is 3.42. The number of hydrogen-bond donors (Lipinski definition) is 0. The van der Waals surface area contributed by atoms with E-state index in [-0.39, 0.29) is 12.0 Å². The lowest BCUT2D eigenvalue weighted by atomic mass is 10.2. The fourth-order valence-corrected chi connectivity index (χ4v) is 2.49. The van der Waals surface area contributed by atoms with Crippen molar-refractivity contribution in [2.45, 2.75) is 25.5 Å². The molecular weight excluding hydrogens is 210 g/mol. The number of thiophene rings is 1. The zero-order chi connectivity index (χ0) is 10.7. The van der Waals surface area contributed by atoms with Crippen LogP contribution in [0.15, 0.2) is 17.5 Å². The summed E-state index contributed by atoms with van der Waals surface area (Å²) in [5, 5.41) is 2.03. The number of likely N-dealkylation sites (N-methyl/N-ethyl adjacent to an activating group) is 1. The van der Waals surface area contributed by atoms with Crippen LogP contribution in [0.2, 0.25) is 0 Å². The molecule has 3 nitrogen and oxygen atoms in total. The molecule has 0 aliphatic carbocycles. The monoisotopic (exact) mass is 225 g/mol. The van der Waals surface area contributed by atoms with E-state index >= 15 is 0 Å². The lowest BCUT2D eigenvalue weighted by molar-refractivity contribution is -0.140. The normalized spacial score (nSPS) is 20.5. The summed E-state index contributed by atoms with van der Waals surface area (Å²) in [6.07, 6.45) is 1.67. The van der Waals surface area contributed by atoms with Crippen LogP contribution in [0.3, 0.4) is 0 Å². The second kappa shape index (κ2) is 4.77. The number of hydrogen-bond acceptors (Lipinski definition) is 3. The number of nitrogens with zero attached hydrogens (tertiary/aromatic N) is 1. The van der Waals surface area contributed by atoms with E-state index in [9.17, 15) is 4.79 Å². The third kappa shape index (κ3) is 2.58. The first kappa shape index (κ1) is 10.6. The van der Waals surface area contributed by atoms with Gasteiger partial charge >= 0.3 is 0 Å². The molecule has 0 aromatic carbocycles. The van der Waals surface area contributed by atoms with Gasteiger partial charge in [0.25, 0.3) is 5.91 Å². The predicted molar refractivity (Wildman–Crippen MR) is 59.8 cm³/mol. The highest BCUT2D eigenvalue weighted by Crippen LogP contribution is 2.16. The van der Waals surface area contributed by atoms with Crippen LogP contribution in [0.1, 0.15) is 17.7 Å². The van der Waals surface area contributed by atoms with Crippen molar-refractivity contribution in [3.05, 3.63) is 22.4 Å². The van der Waals surface area contributed by atoms with Crippen LogP contribution in [0.25, 0.3) is 0 Å². The van der Waals surface area contributed by atoms with Crippen LogP contribution in [0.5, 0.6) is 0 Å². The largest absolute Gasteiger partial charge is 0.368 e. The number of rotatable bonds is 3. The molecule has 1 fully saturated rings. The lowest BCUT2D eigenvalue weighted by Gasteiger charge is -2.19. The van der Waals surface area contributed by atoms with Crippen molar-refractivity contribution in [2.75, 3.05) is 13.7 Å². The molecule has 1 aromatic rings. The minimum Gasteiger partial charge on any atom is -0.368 e. The Hall–Kier alpha value is -0.870. The Bertz CT molecular complexity index is 317. The molecule has 1 aromatic heterocycles. The molecule has 1 aliphatic heterocycles. The molecule has 0 saturated carbocycles. The van der Waals surface area contributed by atoms with Gasteiger partial charge in [0.2, 0.25) is 0 Å². The van der Waals surface area contributed by atoms with Crippen LogP contribution in [-0.2, 0) is 16.1 Å². The second-order valence-electron chi connectivity index (χ2n) is 3.78. The van der Waals surface area contributed by atoms with Gasteiger partial charge in [-0.2, -0.15) is 0 Å². The Balaban J connectivity index is 1.89. The van der Waals surface area contributed by atoms with E-state index in [0.29, 0.717) is 6.54 Å². The number of carbonyl (C=O) groups is 1. The molecule has 82 valence electrons. The molecular formula is C11H15NO2S. The third-order valence-electron chi connectivity index (χ3n) is 2.55. The van der Waals surface area contributed by atoms with Crippen molar-refractivity contribution in [1.82, 2.24) is 4.90 Å². The Morgan fingerprint density at radius 1 is 1.73 bits per heavy atom. The van der Waals surface area contributed by atoms with Gasteiger partial charge in [-0.25, -0.2) is 0 Å². The summed E-state index contributed by atoms with van der Waals surface area (Å²) >= 11 is 1.68. The van der Waals surface area contributed by atoms with Crippen molar-refractivity contribution in [3.63, 3.8) is 0 Å². The Morgan fingerprint density at radius 3 is 3.20 bits per heavy atom. The van der Waals surface area contributed by atoms with E-state index in [1.807, 2.05) is 24.6 Å². The van der Waals surface area contributed by atoms with Crippen LogP contribution in [0.4, 0.5) is 0 Å². The van der Waals surface area contributed by atoms with Crippen LogP contribution in [-0.4, -0.2) is 30.6 Å². The summed E-state index contributed by atoms with van der Waals surface area (Å²) in [6, 6.07) is 4.05. The van der Waals surface area contributed by atoms with Gasteiger partial charge in [-0.05, 0) is 24.3 Å². The van der Waals surface area contributed by atoms with Crippen LogP contribution >= 0.6 is 11.3 Å². The minimum absolute atomic E-state index is 0.112. The van der Waals surface area contributed by atoms with Crippen molar-refractivity contribution < 1.29 is 9.53 Å². The van der Waals surface area contributed by atoms with E-state index in [1.165, 1.54) is 4.88 Å². The maximum Gasteiger partial charge on any atom is 0.251 e. The minimum atomic E-state index is -0.199. The summed E-state index contributed by atoms with van der Waals surface area (Å²) < 4.78 is 5.37. The van der Waals surface area contributed by atoms with Gasteiger partial charge in [0.05, 0.1) is 6.54 Å². The molecule has 0 radical (unpaired) electrons. The van der Waals surface area contributed by atoms with Crippen molar-refractivity contribution >= 4 is 17.2 Å². The molecule has 1 unspecified atom stereocenters. The van der Waals surface area contributed by atoms with E-state index < -0.39 is 0 Å². The SMILES string of the molecule is CN(Cc1cccs1)C(=O)C1CCCO1. The fourth-order valence-electron chi connectivity index (χ4n) is 1.73. The first-order valence-electron chi connectivity index (χ1n) is 5.16. The van der Waals surface area contributed by atoms with Gasteiger partial charge in [0.15, 0.2) is 0 Å². The lowest BCUT2D eigenvalue weighted by Crippen LogP contribution is -2.35. The maximum absolute atomic E-state index is 11.9. The topological polar surface area (TPSA) is 29.5 Å². The average molecular weight is 225 g/mol. The van der Waals surface area contributed by atoms with Gasteiger partial charge in [-0.1, -0.05) is 6.07 Å². The van der Waals surface area contributed by atoms with Crippen molar-refractivity contribution in [2.24, 2.45) is 0 Å². The van der Waals surface area contributed by atoms with E-state index in [2.05, 4.69) is 0 Å². The first-order valence-corrected chi connectivity index (χ1v) is 6.04. The van der Waals surface area contributed by atoms with Gasteiger partial charge < -0.3 is 9.64 Å².